The van der Waals surface area contributed by atoms with Crippen molar-refractivity contribution in [3.05, 3.63) is 71.3 Å². The minimum absolute atomic E-state index is 0.0276. The first-order chi connectivity index (χ1) is 13.0. The summed E-state index contributed by atoms with van der Waals surface area (Å²) in [6.07, 6.45) is -3.41. The summed E-state index contributed by atoms with van der Waals surface area (Å²) in [6.45, 7) is 3.16. The topological polar surface area (TPSA) is 63.7 Å². The van der Waals surface area contributed by atoms with Gasteiger partial charge in [0, 0.05) is 0 Å². The van der Waals surface area contributed by atoms with Gasteiger partial charge < -0.3 is 4.74 Å². The molecule has 0 radical (unpaired) electrons. The Bertz CT molecular complexity index is 1010. The molecule has 2 aromatic rings. The van der Waals surface area contributed by atoms with Crippen LogP contribution in [0.15, 0.2) is 60.0 Å². The zero-order valence-corrected chi connectivity index (χ0v) is 16.1. The van der Waals surface area contributed by atoms with Crippen molar-refractivity contribution >= 4 is 33.3 Å². The lowest BCUT2D eigenvalue weighted by Gasteiger charge is -2.24. The van der Waals surface area contributed by atoms with Gasteiger partial charge in [-0.2, -0.15) is 13.2 Å². The van der Waals surface area contributed by atoms with Gasteiger partial charge in [-0.3, -0.25) is 4.31 Å². The van der Waals surface area contributed by atoms with Gasteiger partial charge in [-0.05, 0) is 36.4 Å². The first-order valence-electron chi connectivity index (χ1n) is 7.71. The van der Waals surface area contributed by atoms with Crippen molar-refractivity contribution in [1.82, 2.24) is 0 Å². The predicted octanol–water partition coefficient (Wildman–Crippen LogP) is 4.53. The van der Waals surface area contributed by atoms with Crippen LogP contribution in [0.4, 0.5) is 18.9 Å². The number of methoxy groups -OCH3 is 1. The van der Waals surface area contributed by atoms with Crippen molar-refractivity contribution in [1.29, 1.82) is 0 Å². The van der Waals surface area contributed by atoms with Crippen LogP contribution in [0.5, 0.6) is 0 Å². The number of halogens is 4. The van der Waals surface area contributed by atoms with Crippen molar-refractivity contribution in [2.24, 2.45) is 0 Å². The van der Waals surface area contributed by atoms with Crippen LogP contribution in [0.3, 0.4) is 0 Å². The Morgan fingerprint density at radius 3 is 2.50 bits per heavy atom. The van der Waals surface area contributed by atoms with E-state index in [2.05, 4.69) is 11.3 Å². The third-order valence-corrected chi connectivity index (χ3v) is 5.81. The van der Waals surface area contributed by atoms with E-state index in [4.69, 9.17) is 11.6 Å². The summed E-state index contributed by atoms with van der Waals surface area (Å²) in [7, 11) is -3.23. The average molecular weight is 434 g/mol. The molecule has 0 aliphatic rings. The molecule has 2 aromatic carbocycles. The highest BCUT2D eigenvalue weighted by molar-refractivity contribution is 7.92. The summed E-state index contributed by atoms with van der Waals surface area (Å²) >= 11 is 5.90. The Hall–Kier alpha value is -2.52. The van der Waals surface area contributed by atoms with Crippen molar-refractivity contribution < 1.29 is 31.1 Å². The maximum absolute atomic E-state index is 13.1. The van der Waals surface area contributed by atoms with E-state index in [1.807, 2.05) is 0 Å². The molecule has 0 atom stereocenters. The number of alkyl halides is 3. The molecule has 0 N–H and O–H groups in total. The number of nitrogens with zero attached hydrogens (tertiary/aromatic N) is 1. The van der Waals surface area contributed by atoms with Crippen molar-refractivity contribution in [3.8, 4) is 0 Å². The van der Waals surface area contributed by atoms with Crippen LogP contribution >= 0.6 is 11.6 Å². The Morgan fingerprint density at radius 1 is 1.25 bits per heavy atom. The monoisotopic (exact) mass is 433 g/mol. The van der Waals surface area contributed by atoms with E-state index in [-0.39, 0.29) is 27.7 Å². The summed E-state index contributed by atoms with van der Waals surface area (Å²) in [6, 6.07) is 7.23. The van der Waals surface area contributed by atoms with Gasteiger partial charge in [0.05, 0.1) is 40.4 Å². The van der Waals surface area contributed by atoms with Crippen LogP contribution in [-0.2, 0) is 20.9 Å². The number of anilines is 1. The highest BCUT2D eigenvalue weighted by atomic mass is 35.5. The first kappa shape index (κ1) is 21.8. The summed E-state index contributed by atoms with van der Waals surface area (Å²) in [5, 5.41) is -0.0276. The van der Waals surface area contributed by atoms with E-state index in [9.17, 15) is 26.4 Å². The molecule has 0 saturated carbocycles. The molecular formula is C18H15ClF3NO4S. The summed E-state index contributed by atoms with van der Waals surface area (Å²) in [5.74, 6) is -0.851. The van der Waals surface area contributed by atoms with Gasteiger partial charge in [-0.1, -0.05) is 23.7 Å². The summed E-state index contributed by atoms with van der Waals surface area (Å²) < 4.78 is 70.4. The number of sulfonamides is 1. The molecule has 0 aromatic heterocycles. The zero-order valence-electron chi connectivity index (χ0n) is 14.5. The molecule has 0 spiro atoms. The Labute approximate surface area is 165 Å². The molecule has 0 fully saturated rings. The number of carbonyl (C=O) groups is 1. The molecule has 28 heavy (non-hydrogen) atoms. The average Bonchev–Trinajstić information content (AvgIpc) is 2.65. The maximum atomic E-state index is 13.1. The quantitative estimate of drug-likeness (QED) is 0.496. The molecule has 150 valence electrons. The van der Waals surface area contributed by atoms with Crippen LogP contribution in [0, 0.1) is 0 Å². The van der Waals surface area contributed by atoms with E-state index in [0.29, 0.717) is 0 Å². The SMILES string of the molecule is C=CCN(c1cccc(C(F)(F)F)c1)S(=O)(=O)c1ccc(Cl)c(C(=O)OC)c1. The molecule has 5 nitrogen and oxygen atoms in total. The van der Waals surface area contributed by atoms with Gasteiger partial charge in [0.25, 0.3) is 10.0 Å². The maximum Gasteiger partial charge on any atom is 0.416 e. The van der Waals surface area contributed by atoms with E-state index in [1.54, 1.807) is 0 Å². The highest BCUT2D eigenvalue weighted by Gasteiger charge is 2.32. The smallest absolute Gasteiger partial charge is 0.416 e. The number of esters is 1. The molecule has 0 bridgehead atoms. The van der Waals surface area contributed by atoms with E-state index >= 15 is 0 Å². The van der Waals surface area contributed by atoms with E-state index in [0.717, 1.165) is 41.7 Å². The zero-order chi connectivity index (χ0) is 21.1. The molecule has 0 aliphatic carbocycles. The van der Waals surface area contributed by atoms with Gasteiger partial charge in [0.2, 0.25) is 0 Å². The minimum atomic E-state index is -4.64. The first-order valence-corrected chi connectivity index (χ1v) is 9.53. The predicted molar refractivity (Wildman–Crippen MR) is 99.0 cm³/mol. The lowest BCUT2D eigenvalue weighted by molar-refractivity contribution is -0.137. The molecule has 0 unspecified atom stereocenters. The van der Waals surface area contributed by atoms with Gasteiger partial charge in [-0.25, -0.2) is 13.2 Å². The Balaban J connectivity index is 2.60. The molecule has 0 aliphatic heterocycles. The van der Waals surface area contributed by atoms with Crippen LogP contribution in [0.25, 0.3) is 0 Å². The molecule has 10 heteroatoms. The van der Waals surface area contributed by atoms with Crippen molar-refractivity contribution in [3.63, 3.8) is 0 Å². The van der Waals surface area contributed by atoms with Gasteiger partial charge in [-0.15, -0.1) is 6.58 Å². The fourth-order valence-electron chi connectivity index (χ4n) is 2.36. The van der Waals surface area contributed by atoms with E-state index < -0.39 is 27.7 Å². The van der Waals surface area contributed by atoms with Gasteiger partial charge in [0.1, 0.15) is 0 Å². The number of rotatable bonds is 6. The third-order valence-electron chi connectivity index (χ3n) is 3.69. The number of hydrogen-bond donors (Lipinski definition) is 0. The molecule has 0 heterocycles. The number of carbonyl (C=O) groups excluding carboxylic acids is 1. The van der Waals surface area contributed by atoms with Crippen LogP contribution in [0.1, 0.15) is 15.9 Å². The summed E-state index contributed by atoms with van der Waals surface area (Å²) in [4.78, 5) is 11.4. The minimum Gasteiger partial charge on any atom is -0.465 e. The molecule has 2 rings (SSSR count). The Morgan fingerprint density at radius 2 is 1.93 bits per heavy atom. The summed E-state index contributed by atoms with van der Waals surface area (Å²) in [5.41, 5.74) is -1.39. The van der Waals surface area contributed by atoms with Crippen LogP contribution in [-0.4, -0.2) is 28.0 Å². The van der Waals surface area contributed by atoms with Crippen molar-refractivity contribution in [2.45, 2.75) is 11.1 Å². The van der Waals surface area contributed by atoms with Crippen molar-refractivity contribution in [2.75, 3.05) is 18.0 Å². The van der Waals surface area contributed by atoms with Gasteiger partial charge in [0.15, 0.2) is 0 Å². The van der Waals surface area contributed by atoms with Crippen LogP contribution < -0.4 is 4.31 Å². The normalized spacial score (nSPS) is 11.8. The fraction of sp³-hybridized carbons (Fsp3) is 0.167. The molecule has 0 amide bonds. The molecule has 0 saturated heterocycles. The Kier molecular flexibility index (Phi) is 6.41. The lowest BCUT2D eigenvalue weighted by Crippen LogP contribution is -2.31. The lowest BCUT2D eigenvalue weighted by atomic mass is 10.2. The second-order valence-corrected chi connectivity index (χ2v) is 7.78. The fourth-order valence-corrected chi connectivity index (χ4v) is 4.00. The third kappa shape index (κ3) is 4.48. The van der Waals surface area contributed by atoms with E-state index in [1.165, 1.54) is 18.2 Å². The standard InChI is InChI=1S/C18H15ClF3NO4S/c1-3-9-23(13-6-4-5-12(10-13)18(20,21)22)28(25,26)14-7-8-16(19)15(11-14)17(24)27-2/h3-8,10-11H,1,9H2,2H3. The largest absolute Gasteiger partial charge is 0.465 e. The number of ether oxygens (including phenoxy) is 1. The number of benzene rings is 2. The second-order valence-electron chi connectivity index (χ2n) is 5.51. The number of hydrogen-bond acceptors (Lipinski definition) is 4. The van der Waals surface area contributed by atoms with Gasteiger partial charge >= 0.3 is 12.1 Å². The van der Waals surface area contributed by atoms with Crippen LogP contribution in [0.2, 0.25) is 5.02 Å². The molecular weight excluding hydrogens is 419 g/mol. The highest BCUT2D eigenvalue weighted by Crippen LogP contribution is 2.33. The second kappa shape index (κ2) is 8.24.